The average Bonchev–Trinajstić information content (AvgIpc) is 3.13. The quantitative estimate of drug-likeness (QED) is 0.285. The van der Waals surface area contributed by atoms with Crippen molar-refractivity contribution in [1.29, 1.82) is 0 Å². The van der Waals surface area contributed by atoms with Crippen molar-refractivity contribution in [3.63, 3.8) is 0 Å². The first-order valence-electron chi connectivity index (χ1n) is 11.8. The molecule has 0 saturated heterocycles. The molecule has 2 atom stereocenters. The highest BCUT2D eigenvalue weighted by atomic mass is 19.4. The fourth-order valence-corrected chi connectivity index (χ4v) is 5.27. The van der Waals surface area contributed by atoms with Crippen molar-refractivity contribution in [2.45, 2.75) is 52.4 Å². The van der Waals surface area contributed by atoms with Crippen molar-refractivity contribution in [2.24, 2.45) is 11.3 Å². The molecular weight excluding hydrogens is 471 g/mol. The smallest absolute Gasteiger partial charge is 0.466 e. The Bertz CT molecular complexity index is 1260. The standard InChI is InChI=1S/C27H30F3N3O3/c1-17-13-20(16-26(2,3)15-17)33-23-11-5-18(6-12-24(34)35-4)14-22(23)32-25(33)31-19-7-9-21(10-8-19)36-27(28,29)30/h5-12,14,17,20H,13,15-16H2,1-4H3,(H,31,32). The third-order valence-corrected chi connectivity index (χ3v) is 6.40. The third-order valence-electron chi connectivity index (χ3n) is 6.40. The maximum absolute atomic E-state index is 12.5. The average molecular weight is 502 g/mol. The lowest BCUT2D eigenvalue weighted by molar-refractivity contribution is -0.274. The first-order valence-corrected chi connectivity index (χ1v) is 11.8. The summed E-state index contributed by atoms with van der Waals surface area (Å²) in [5.41, 5.74) is 3.25. The van der Waals surface area contributed by atoms with Crippen molar-refractivity contribution in [3.05, 3.63) is 54.1 Å². The van der Waals surface area contributed by atoms with Gasteiger partial charge in [0.25, 0.3) is 0 Å². The number of nitrogens with zero attached hydrogens (tertiary/aromatic N) is 2. The molecule has 1 aliphatic carbocycles. The number of anilines is 2. The lowest BCUT2D eigenvalue weighted by Crippen LogP contribution is -2.29. The number of imidazole rings is 1. The Labute approximate surface area is 208 Å². The van der Waals surface area contributed by atoms with Crippen molar-refractivity contribution in [1.82, 2.24) is 9.55 Å². The lowest BCUT2D eigenvalue weighted by Gasteiger charge is -2.40. The molecule has 0 radical (unpaired) electrons. The van der Waals surface area contributed by atoms with Gasteiger partial charge >= 0.3 is 12.3 Å². The second-order valence-corrected chi connectivity index (χ2v) is 10.2. The summed E-state index contributed by atoms with van der Waals surface area (Å²) in [4.78, 5) is 16.3. The Hall–Kier alpha value is -3.49. The number of carbonyl (C=O) groups is 1. The van der Waals surface area contributed by atoms with E-state index < -0.39 is 12.3 Å². The zero-order chi connectivity index (χ0) is 26.1. The molecule has 192 valence electrons. The minimum absolute atomic E-state index is 0.163. The molecule has 1 N–H and O–H groups in total. The molecule has 0 bridgehead atoms. The van der Waals surface area contributed by atoms with E-state index >= 15 is 0 Å². The molecule has 1 aromatic heterocycles. The Morgan fingerprint density at radius 2 is 1.89 bits per heavy atom. The molecule has 0 spiro atoms. The van der Waals surface area contributed by atoms with Crippen LogP contribution in [0.3, 0.4) is 0 Å². The number of fused-ring (bicyclic) bond motifs is 1. The maximum Gasteiger partial charge on any atom is 0.573 e. The number of halogens is 3. The van der Waals surface area contributed by atoms with Gasteiger partial charge in [-0.3, -0.25) is 0 Å². The molecule has 9 heteroatoms. The molecule has 1 fully saturated rings. The molecule has 0 aliphatic heterocycles. The summed E-state index contributed by atoms with van der Waals surface area (Å²) in [6, 6.07) is 11.6. The van der Waals surface area contributed by atoms with Gasteiger partial charge in [0, 0.05) is 17.8 Å². The summed E-state index contributed by atoms with van der Waals surface area (Å²) >= 11 is 0. The van der Waals surface area contributed by atoms with Crippen LogP contribution in [0.15, 0.2) is 48.5 Å². The van der Waals surface area contributed by atoms with Gasteiger partial charge in [0.2, 0.25) is 5.95 Å². The van der Waals surface area contributed by atoms with Gasteiger partial charge in [-0.1, -0.05) is 26.8 Å². The van der Waals surface area contributed by atoms with Gasteiger partial charge < -0.3 is 19.4 Å². The predicted octanol–water partition coefficient (Wildman–Crippen LogP) is 7.25. The normalized spacial score (nSPS) is 20.0. The van der Waals surface area contributed by atoms with E-state index in [1.54, 1.807) is 6.08 Å². The Morgan fingerprint density at radius 3 is 2.53 bits per heavy atom. The van der Waals surface area contributed by atoms with Crippen molar-refractivity contribution in [2.75, 3.05) is 12.4 Å². The molecule has 6 nitrogen and oxygen atoms in total. The number of benzene rings is 2. The largest absolute Gasteiger partial charge is 0.573 e. The lowest BCUT2D eigenvalue weighted by atomic mass is 9.70. The number of rotatable bonds is 6. The van der Waals surface area contributed by atoms with E-state index in [1.165, 1.54) is 37.5 Å². The van der Waals surface area contributed by atoms with Gasteiger partial charge in [0.05, 0.1) is 18.1 Å². The van der Waals surface area contributed by atoms with Crippen LogP contribution in [0.4, 0.5) is 24.8 Å². The van der Waals surface area contributed by atoms with Crippen LogP contribution in [-0.4, -0.2) is 29.0 Å². The van der Waals surface area contributed by atoms with Crippen molar-refractivity contribution < 1.29 is 27.4 Å². The van der Waals surface area contributed by atoms with Crippen LogP contribution < -0.4 is 10.1 Å². The molecule has 2 aromatic carbocycles. The molecule has 1 saturated carbocycles. The zero-order valence-electron chi connectivity index (χ0n) is 20.7. The molecule has 2 unspecified atom stereocenters. The minimum Gasteiger partial charge on any atom is -0.466 e. The van der Waals surface area contributed by atoms with Gasteiger partial charge in [0.1, 0.15) is 5.75 Å². The fraction of sp³-hybridized carbons (Fsp3) is 0.407. The molecule has 1 aliphatic rings. The molecule has 4 rings (SSSR count). The van der Waals surface area contributed by atoms with Crippen molar-refractivity contribution >= 4 is 34.7 Å². The van der Waals surface area contributed by atoms with Crippen LogP contribution in [0, 0.1) is 11.3 Å². The zero-order valence-corrected chi connectivity index (χ0v) is 20.7. The summed E-state index contributed by atoms with van der Waals surface area (Å²) in [7, 11) is 1.32. The summed E-state index contributed by atoms with van der Waals surface area (Å²) in [6.07, 6.45) is 1.39. The Kier molecular flexibility index (Phi) is 7.02. The van der Waals surface area contributed by atoms with E-state index in [0.29, 0.717) is 17.6 Å². The molecule has 3 aromatic rings. The van der Waals surface area contributed by atoms with Crippen LogP contribution in [0.2, 0.25) is 0 Å². The number of carbonyl (C=O) groups excluding carboxylic acids is 1. The fourth-order valence-electron chi connectivity index (χ4n) is 5.27. The summed E-state index contributed by atoms with van der Waals surface area (Å²) in [5, 5.41) is 3.29. The van der Waals surface area contributed by atoms with Gasteiger partial charge in [-0.25, -0.2) is 9.78 Å². The number of esters is 1. The van der Waals surface area contributed by atoms with Gasteiger partial charge in [0.15, 0.2) is 0 Å². The summed E-state index contributed by atoms with van der Waals surface area (Å²) in [6.45, 7) is 6.81. The van der Waals surface area contributed by atoms with E-state index in [2.05, 4.69) is 40.1 Å². The highest BCUT2D eigenvalue weighted by Gasteiger charge is 2.35. The number of methoxy groups -OCH3 is 1. The first-order chi connectivity index (χ1) is 16.9. The number of aromatic nitrogens is 2. The predicted molar refractivity (Wildman–Crippen MR) is 133 cm³/mol. The topological polar surface area (TPSA) is 65.4 Å². The Balaban J connectivity index is 1.72. The van der Waals surface area contributed by atoms with Gasteiger partial charge in [-0.15, -0.1) is 13.2 Å². The van der Waals surface area contributed by atoms with Crippen LogP contribution in [0.5, 0.6) is 5.75 Å². The minimum atomic E-state index is -4.74. The number of alkyl halides is 3. The van der Waals surface area contributed by atoms with E-state index in [0.717, 1.165) is 35.9 Å². The van der Waals surface area contributed by atoms with Crippen LogP contribution >= 0.6 is 0 Å². The van der Waals surface area contributed by atoms with E-state index in [1.807, 2.05) is 18.2 Å². The number of hydrogen-bond acceptors (Lipinski definition) is 5. The van der Waals surface area contributed by atoms with Crippen molar-refractivity contribution in [3.8, 4) is 5.75 Å². The number of nitrogens with one attached hydrogen (secondary N) is 1. The maximum atomic E-state index is 12.5. The van der Waals surface area contributed by atoms with Gasteiger partial charge in [-0.05, 0) is 78.6 Å². The first kappa shape index (κ1) is 25.6. The van der Waals surface area contributed by atoms with Gasteiger partial charge in [-0.2, -0.15) is 0 Å². The van der Waals surface area contributed by atoms with Crippen LogP contribution in [0.1, 0.15) is 51.6 Å². The van der Waals surface area contributed by atoms with Crippen LogP contribution in [0.25, 0.3) is 17.1 Å². The number of ether oxygens (including phenoxy) is 2. The van der Waals surface area contributed by atoms with E-state index in [-0.39, 0.29) is 17.2 Å². The second kappa shape index (κ2) is 9.87. The Morgan fingerprint density at radius 1 is 1.17 bits per heavy atom. The highest BCUT2D eigenvalue weighted by Crippen LogP contribution is 2.46. The molecule has 0 amide bonds. The summed E-state index contributed by atoms with van der Waals surface area (Å²) < 4.78 is 48.4. The van der Waals surface area contributed by atoms with E-state index in [4.69, 9.17) is 4.98 Å². The molecule has 1 heterocycles. The molecular formula is C27H30F3N3O3. The highest BCUT2D eigenvalue weighted by molar-refractivity contribution is 5.88. The monoisotopic (exact) mass is 501 g/mol. The SMILES string of the molecule is COC(=O)C=Cc1ccc2c(c1)nc(Nc1ccc(OC(F)(F)F)cc1)n2C1CC(C)CC(C)(C)C1. The third kappa shape index (κ3) is 6.19. The van der Waals surface area contributed by atoms with Crippen LogP contribution in [-0.2, 0) is 9.53 Å². The van der Waals surface area contributed by atoms with E-state index in [9.17, 15) is 18.0 Å². The summed E-state index contributed by atoms with van der Waals surface area (Å²) in [5.74, 6) is 0.411. The second-order valence-electron chi connectivity index (χ2n) is 10.2. The number of hydrogen-bond donors (Lipinski definition) is 1. The molecule has 36 heavy (non-hydrogen) atoms.